The summed E-state index contributed by atoms with van der Waals surface area (Å²) >= 11 is 0. The van der Waals surface area contributed by atoms with Crippen LogP contribution in [-0.4, -0.2) is 78.5 Å². The van der Waals surface area contributed by atoms with Crippen molar-refractivity contribution in [3.63, 3.8) is 0 Å². The molecule has 3 rings (SSSR count). The Morgan fingerprint density at radius 2 is 1.89 bits per heavy atom. The third kappa shape index (κ3) is 3.93. The molecule has 0 aromatic carbocycles. The lowest BCUT2D eigenvalue weighted by molar-refractivity contribution is -0.131. The lowest BCUT2D eigenvalue weighted by Gasteiger charge is -2.62. The smallest absolute Gasteiger partial charge is 0.224 e. The van der Waals surface area contributed by atoms with Gasteiger partial charge in [-0.05, 0) is 26.0 Å². The summed E-state index contributed by atoms with van der Waals surface area (Å²) in [5, 5.41) is 3.38. The Morgan fingerprint density at radius 3 is 2.43 bits per heavy atom. The van der Waals surface area contributed by atoms with Crippen LogP contribution in [0.3, 0.4) is 0 Å². The number of carbonyl (C=O) groups excluding carboxylic acids is 1. The Bertz CT molecular complexity index is 707. The predicted molar refractivity (Wildman–Crippen MR) is 114 cm³/mol. The first-order valence-corrected chi connectivity index (χ1v) is 10.2. The van der Waals surface area contributed by atoms with Crippen LogP contribution in [0.15, 0.2) is 29.4 Å². The van der Waals surface area contributed by atoms with Crippen molar-refractivity contribution in [2.75, 3.05) is 51.2 Å². The van der Waals surface area contributed by atoms with Crippen molar-refractivity contribution >= 4 is 17.7 Å². The summed E-state index contributed by atoms with van der Waals surface area (Å²) in [5.74, 6) is 2.07. The van der Waals surface area contributed by atoms with E-state index in [4.69, 9.17) is 0 Å². The van der Waals surface area contributed by atoms with E-state index in [0.29, 0.717) is 13.0 Å². The fraction of sp³-hybridized carbons (Fsp3) is 0.667. The number of likely N-dealkylation sites (tertiary alicyclic amines) is 1. The summed E-state index contributed by atoms with van der Waals surface area (Å²) in [5.41, 5.74) is 0.314. The number of nitrogens with one attached hydrogen (secondary N) is 1. The maximum absolute atomic E-state index is 12.6. The lowest BCUT2D eigenvalue weighted by Crippen LogP contribution is -2.72. The number of piperazine rings is 1. The second-order valence-electron chi connectivity index (χ2n) is 8.81. The van der Waals surface area contributed by atoms with E-state index in [9.17, 15) is 4.79 Å². The molecule has 1 amide bonds. The van der Waals surface area contributed by atoms with Gasteiger partial charge in [-0.1, -0.05) is 19.9 Å². The predicted octanol–water partition coefficient (Wildman–Crippen LogP) is 1.82. The zero-order valence-electron chi connectivity index (χ0n) is 17.9. The summed E-state index contributed by atoms with van der Waals surface area (Å²) in [6.45, 7) is 13.8. The van der Waals surface area contributed by atoms with Crippen LogP contribution < -0.4 is 10.2 Å². The van der Waals surface area contributed by atoms with E-state index in [1.807, 2.05) is 36.3 Å². The largest absolute Gasteiger partial charge is 0.356 e. The molecule has 7 nitrogen and oxygen atoms in total. The molecule has 2 aliphatic rings. The summed E-state index contributed by atoms with van der Waals surface area (Å²) in [6, 6.07) is 5.94. The van der Waals surface area contributed by atoms with Gasteiger partial charge in [-0.3, -0.25) is 9.79 Å². The van der Waals surface area contributed by atoms with Crippen LogP contribution in [0.25, 0.3) is 0 Å². The van der Waals surface area contributed by atoms with E-state index in [1.165, 1.54) is 0 Å². The van der Waals surface area contributed by atoms with Gasteiger partial charge in [0, 0.05) is 69.9 Å². The first-order chi connectivity index (χ1) is 13.3. The van der Waals surface area contributed by atoms with Crippen molar-refractivity contribution in [2.24, 2.45) is 10.4 Å². The van der Waals surface area contributed by atoms with Crippen LogP contribution in [-0.2, 0) is 4.79 Å². The molecule has 0 unspecified atom stereocenters. The van der Waals surface area contributed by atoms with Gasteiger partial charge >= 0.3 is 0 Å². The van der Waals surface area contributed by atoms with Crippen LogP contribution >= 0.6 is 0 Å². The molecule has 0 spiro atoms. The molecule has 2 fully saturated rings. The summed E-state index contributed by atoms with van der Waals surface area (Å²) in [6.07, 6.45) is 2.30. The minimum absolute atomic E-state index is 0.0562. The minimum atomic E-state index is 0.0562. The number of rotatable bonds is 4. The molecule has 0 bridgehead atoms. The number of pyridine rings is 1. The molecule has 7 heteroatoms. The van der Waals surface area contributed by atoms with Gasteiger partial charge in [0.25, 0.3) is 0 Å². The zero-order valence-corrected chi connectivity index (χ0v) is 17.9. The SMILES string of the molecule is CN=C(NCCC(=O)N1CCN(c2ccccn2)CC1)N1CC(C)(C)C1(C)C. The summed E-state index contributed by atoms with van der Waals surface area (Å²) in [4.78, 5) is 27.9. The quantitative estimate of drug-likeness (QED) is 0.632. The highest BCUT2D eigenvalue weighted by Gasteiger charge is 2.53. The van der Waals surface area contributed by atoms with E-state index in [0.717, 1.165) is 44.5 Å². The number of aromatic nitrogens is 1. The first-order valence-electron chi connectivity index (χ1n) is 10.2. The molecule has 2 saturated heterocycles. The molecule has 1 aromatic rings. The van der Waals surface area contributed by atoms with E-state index < -0.39 is 0 Å². The average Bonchev–Trinajstić information content (AvgIpc) is 2.70. The zero-order chi connectivity index (χ0) is 20.4. The molecule has 0 radical (unpaired) electrons. The summed E-state index contributed by atoms with van der Waals surface area (Å²) < 4.78 is 0. The third-order valence-electron chi connectivity index (χ3n) is 6.58. The van der Waals surface area contributed by atoms with E-state index in [2.05, 4.69) is 52.8 Å². The number of amides is 1. The van der Waals surface area contributed by atoms with Crippen molar-refractivity contribution in [1.29, 1.82) is 0 Å². The Kier molecular flexibility index (Phi) is 5.82. The van der Waals surface area contributed by atoms with Crippen molar-refractivity contribution < 1.29 is 4.79 Å². The lowest BCUT2D eigenvalue weighted by atomic mass is 9.65. The molecule has 0 atom stereocenters. The number of nitrogens with zero attached hydrogens (tertiary/aromatic N) is 5. The first kappa shape index (κ1) is 20.4. The number of anilines is 1. The molecular weight excluding hydrogens is 352 g/mol. The fourth-order valence-electron chi connectivity index (χ4n) is 3.86. The Balaban J connectivity index is 1.43. The molecule has 28 heavy (non-hydrogen) atoms. The molecule has 0 aliphatic carbocycles. The van der Waals surface area contributed by atoms with Crippen LogP contribution in [0.5, 0.6) is 0 Å². The van der Waals surface area contributed by atoms with E-state index in [-0.39, 0.29) is 16.9 Å². The van der Waals surface area contributed by atoms with Gasteiger partial charge in [-0.2, -0.15) is 0 Å². The van der Waals surface area contributed by atoms with Crippen LogP contribution in [0, 0.1) is 5.41 Å². The second kappa shape index (κ2) is 7.97. The highest BCUT2D eigenvalue weighted by molar-refractivity contribution is 5.83. The van der Waals surface area contributed by atoms with Gasteiger partial charge < -0.3 is 20.0 Å². The van der Waals surface area contributed by atoms with Crippen LogP contribution in [0.4, 0.5) is 5.82 Å². The molecular formula is C21H34N6O. The van der Waals surface area contributed by atoms with Gasteiger partial charge in [0.05, 0.1) is 0 Å². The number of carbonyl (C=O) groups is 1. The molecule has 3 heterocycles. The standard InChI is InChI=1S/C21H34N6O/c1-20(2)16-27(21(20,3)4)19(22-5)24-11-9-18(28)26-14-12-25(13-15-26)17-8-6-7-10-23-17/h6-8,10H,9,11-16H2,1-5H3,(H,22,24). The number of hydrogen-bond acceptors (Lipinski definition) is 4. The second-order valence-corrected chi connectivity index (χ2v) is 8.81. The van der Waals surface area contributed by atoms with Crippen molar-refractivity contribution in [3.8, 4) is 0 Å². The molecule has 2 aliphatic heterocycles. The maximum atomic E-state index is 12.6. The van der Waals surface area contributed by atoms with Gasteiger partial charge in [0.1, 0.15) is 5.82 Å². The molecule has 1 N–H and O–H groups in total. The van der Waals surface area contributed by atoms with Gasteiger partial charge in [0.15, 0.2) is 5.96 Å². The number of aliphatic imine (C=N–C) groups is 1. The third-order valence-corrected chi connectivity index (χ3v) is 6.58. The molecule has 154 valence electrons. The van der Waals surface area contributed by atoms with Gasteiger partial charge in [-0.25, -0.2) is 4.98 Å². The maximum Gasteiger partial charge on any atom is 0.224 e. The normalized spacial score (nSPS) is 21.3. The topological polar surface area (TPSA) is 64.1 Å². The summed E-state index contributed by atoms with van der Waals surface area (Å²) in [7, 11) is 1.81. The van der Waals surface area contributed by atoms with E-state index >= 15 is 0 Å². The highest BCUT2D eigenvalue weighted by atomic mass is 16.2. The van der Waals surface area contributed by atoms with Crippen molar-refractivity contribution in [2.45, 2.75) is 39.7 Å². The number of hydrogen-bond donors (Lipinski definition) is 1. The van der Waals surface area contributed by atoms with Crippen LogP contribution in [0.1, 0.15) is 34.1 Å². The average molecular weight is 387 g/mol. The molecule has 0 saturated carbocycles. The Morgan fingerprint density at radius 1 is 1.18 bits per heavy atom. The van der Waals surface area contributed by atoms with Crippen molar-refractivity contribution in [3.05, 3.63) is 24.4 Å². The number of guanidine groups is 1. The van der Waals surface area contributed by atoms with E-state index in [1.54, 1.807) is 0 Å². The fourth-order valence-corrected chi connectivity index (χ4v) is 3.86. The van der Waals surface area contributed by atoms with Gasteiger partial charge in [0.2, 0.25) is 5.91 Å². The minimum Gasteiger partial charge on any atom is -0.356 e. The Hall–Kier alpha value is -2.31. The van der Waals surface area contributed by atoms with Gasteiger partial charge in [-0.15, -0.1) is 0 Å². The van der Waals surface area contributed by atoms with Crippen molar-refractivity contribution in [1.82, 2.24) is 20.1 Å². The monoisotopic (exact) mass is 386 g/mol. The van der Waals surface area contributed by atoms with Crippen LogP contribution in [0.2, 0.25) is 0 Å². The molecule has 1 aromatic heterocycles. The Labute approximate surface area is 168 Å². The highest BCUT2D eigenvalue weighted by Crippen LogP contribution is 2.46.